The average Bonchev–Trinajstić information content (AvgIpc) is 2.57. The molecule has 0 unspecified atom stereocenters. The largest absolute Gasteiger partial charge is 0.491 e. The summed E-state index contributed by atoms with van der Waals surface area (Å²) in [5.74, 6) is 0.508. The first kappa shape index (κ1) is 17.7. The molecule has 6 heteroatoms. The van der Waals surface area contributed by atoms with Gasteiger partial charge in [-0.25, -0.2) is 0 Å². The summed E-state index contributed by atoms with van der Waals surface area (Å²) < 4.78 is 10.6. The Kier molecular flexibility index (Phi) is 6.57. The molecule has 24 heavy (non-hydrogen) atoms. The van der Waals surface area contributed by atoms with E-state index in [-0.39, 0.29) is 12.0 Å². The molecule has 0 atom stereocenters. The van der Waals surface area contributed by atoms with Crippen molar-refractivity contribution in [2.24, 2.45) is 0 Å². The molecule has 0 saturated heterocycles. The molecule has 1 heterocycles. The second-order valence-electron chi connectivity index (χ2n) is 5.49. The summed E-state index contributed by atoms with van der Waals surface area (Å²) in [7, 11) is 1.64. The van der Waals surface area contributed by atoms with E-state index in [1.165, 1.54) is 0 Å². The van der Waals surface area contributed by atoms with Gasteiger partial charge in [0, 0.05) is 31.2 Å². The Labute approximate surface area is 142 Å². The first-order chi connectivity index (χ1) is 11.6. The van der Waals surface area contributed by atoms with Crippen LogP contribution >= 0.6 is 0 Å². The van der Waals surface area contributed by atoms with Crippen molar-refractivity contribution >= 4 is 17.3 Å². The van der Waals surface area contributed by atoms with Crippen molar-refractivity contribution in [1.82, 2.24) is 4.98 Å². The molecule has 0 bridgehead atoms. The van der Waals surface area contributed by atoms with Crippen LogP contribution in [0, 0.1) is 0 Å². The van der Waals surface area contributed by atoms with Gasteiger partial charge in [-0.1, -0.05) is 0 Å². The second-order valence-corrected chi connectivity index (χ2v) is 5.49. The maximum atomic E-state index is 12.3. The number of carbonyl (C=O) groups excluding carboxylic acids is 1. The Bertz CT molecular complexity index is 657. The van der Waals surface area contributed by atoms with Crippen LogP contribution in [-0.4, -0.2) is 37.3 Å². The van der Waals surface area contributed by atoms with E-state index in [0.717, 1.165) is 11.4 Å². The lowest BCUT2D eigenvalue weighted by Gasteiger charge is -2.11. The lowest BCUT2D eigenvalue weighted by atomic mass is 10.2. The summed E-state index contributed by atoms with van der Waals surface area (Å²) in [6, 6.07) is 10.8. The zero-order chi connectivity index (χ0) is 17.4. The molecule has 0 aliphatic rings. The van der Waals surface area contributed by atoms with Gasteiger partial charge in [0.05, 0.1) is 12.7 Å². The number of hydrogen-bond donors (Lipinski definition) is 2. The van der Waals surface area contributed by atoms with Crippen LogP contribution in [0.3, 0.4) is 0 Å². The van der Waals surface area contributed by atoms with Gasteiger partial charge >= 0.3 is 0 Å². The summed E-state index contributed by atoms with van der Waals surface area (Å²) in [4.78, 5) is 16.4. The van der Waals surface area contributed by atoms with Crippen LogP contribution in [0.5, 0.6) is 5.75 Å². The Morgan fingerprint density at radius 2 is 1.92 bits per heavy atom. The molecule has 2 aromatic rings. The van der Waals surface area contributed by atoms with E-state index in [0.29, 0.717) is 24.5 Å². The minimum Gasteiger partial charge on any atom is -0.491 e. The zero-order valence-electron chi connectivity index (χ0n) is 14.2. The van der Waals surface area contributed by atoms with Crippen LogP contribution in [0.15, 0.2) is 42.6 Å². The SMILES string of the molecule is COCCNc1ccnc(C(=O)Nc2ccc(OC(C)C)cc2)c1. The number of pyridine rings is 1. The number of benzene rings is 1. The first-order valence-electron chi connectivity index (χ1n) is 7.85. The fraction of sp³-hybridized carbons (Fsp3) is 0.333. The molecule has 1 amide bonds. The summed E-state index contributed by atoms with van der Waals surface area (Å²) >= 11 is 0. The molecule has 0 radical (unpaired) electrons. The highest BCUT2D eigenvalue weighted by Crippen LogP contribution is 2.18. The van der Waals surface area contributed by atoms with E-state index in [9.17, 15) is 4.79 Å². The Balaban J connectivity index is 1.97. The van der Waals surface area contributed by atoms with Crippen molar-refractivity contribution in [3.8, 4) is 5.75 Å². The maximum Gasteiger partial charge on any atom is 0.274 e. The number of anilines is 2. The number of methoxy groups -OCH3 is 1. The van der Waals surface area contributed by atoms with Gasteiger partial charge in [-0.3, -0.25) is 9.78 Å². The molecule has 2 rings (SSSR count). The van der Waals surface area contributed by atoms with Crippen LogP contribution in [0.25, 0.3) is 0 Å². The number of hydrogen-bond acceptors (Lipinski definition) is 5. The lowest BCUT2D eigenvalue weighted by molar-refractivity contribution is 0.102. The van der Waals surface area contributed by atoms with Gasteiger partial charge < -0.3 is 20.1 Å². The second kappa shape index (κ2) is 8.88. The highest BCUT2D eigenvalue weighted by atomic mass is 16.5. The maximum absolute atomic E-state index is 12.3. The van der Waals surface area contributed by atoms with E-state index in [2.05, 4.69) is 15.6 Å². The molecule has 0 spiro atoms. The standard InChI is InChI=1S/C18H23N3O3/c1-13(2)24-16-6-4-14(5-7-16)21-18(22)17-12-15(8-9-20-17)19-10-11-23-3/h4-9,12-13H,10-11H2,1-3H3,(H,19,20)(H,21,22). The number of rotatable bonds is 8. The fourth-order valence-corrected chi connectivity index (χ4v) is 2.05. The molecule has 128 valence electrons. The van der Waals surface area contributed by atoms with Crippen molar-refractivity contribution in [2.75, 3.05) is 30.9 Å². The first-order valence-corrected chi connectivity index (χ1v) is 7.85. The normalized spacial score (nSPS) is 10.5. The van der Waals surface area contributed by atoms with Crippen LogP contribution in [0.4, 0.5) is 11.4 Å². The van der Waals surface area contributed by atoms with E-state index < -0.39 is 0 Å². The van der Waals surface area contributed by atoms with E-state index in [4.69, 9.17) is 9.47 Å². The molecule has 0 aliphatic heterocycles. The summed E-state index contributed by atoms with van der Waals surface area (Å²) in [6.07, 6.45) is 1.71. The van der Waals surface area contributed by atoms with Crippen molar-refractivity contribution in [2.45, 2.75) is 20.0 Å². The molecule has 1 aromatic carbocycles. The molecular formula is C18H23N3O3. The highest BCUT2D eigenvalue weighted by molar-refractivity contribution is 6.03. The van der Waals surface area contributed by atoms with E-state index in [1.807, 2.05) is 32.0 Å². The molecule has 6 nitrogen and oxygen atoms in total. The van der Waals surface area contributed by atoms with Crippen molar-refractivity contribution in [3.63, 3.8) is 0 Å². The summed E-state index contributed by atoms with van der Waals surface area (Å²) in [5.41, 5.74) is 1.86. The topological polar surface area (TPSA) is 72.5 Å². The van der Waals surface area contributed by atoms with E-state index in [1.54, 1.807) is 31.5 Å². The summed E-state index contributed by atoms with van der Waals surface area (Å²) in [5, 5.41) is 5.99. The van der Waals surface area contributed by atoms with E-state index >= 15 is 0 Å². The molecule has 0 fully saturated rings. The Morgan fingerprint density at radius 1 is 1.17 bits per heavy atom. The Morgan fingerprint density at radius 3 is 2.58 bits per heavy atom. The molecular weight excluding hydrogens is 306 g/mol. The van der Waals surface area contributed by atoms with Crippen LogP contribution in [0.1, 0.15) is 24.3 Å². The van der Waals surface area contributed by atoms with Crippen molar-refractivity contribution < 1.29 is 14.3 Å². The van der Waals surface area contributed by atoms with Gasteiger partial charge in [0.2, 0.25) is 0 Å². The molecule has 2 N–H and O–H groups in total. The summed E-state index contributed by atoms with van der Waals surface area (Å²) in [6.45, 7) is 5.19. The van der Waals surface area contributed by atoms with Crippen LogP contribution in [-0.2, 0) is 4.74 Å². The number of aromatic nitrogens is 1. The van der Waals surface area contributed by atoms with Crippen LogP contribution < -0.4 is 15.4 Å². The quantitative estimate of drug-likeness (QED) is 0.728. The number of amides is 1. The Hall–Kier alpha value is -2.60. The fourth-order valence-electron chi connectivity index (χ4n) is 2.05. The zero-order valence-corrected chi connectivity index (χ0v) is 14.2. The third-order valence-electron chi connectivity index (χ3n) is 3.11. The van der Waals surface area contributed by atoms with Gasteiger partial charge in [-0.05, 0) is 50.2 Å². The van der Waals surface area contributed by atoms with Crippen molar-refractivity contribution in [3.05, 3.63) is 48.3 Å². The minimum atomic E-state index is -0.261. The number of ether oxygens (including phenoxy) is 2. The van der Waals surface area contributed by atoms with Gasteiger partial charge in [-0.2, -0.15) is 0 Å². The molecule has 0 aliphatic carbocycles. The van der Waals surface area contributed by atoms with Gasteiger partial charge in [0.25, 0.3) is 5.91 Å². The number of carbonyl (C=O) groups is 1. The lowest BCUT2D eigenvalue weighted by Crippen LogP contribution is -2.15. The van der Waals surface area contributed by atoms with Crippen molar-refractivity contribution in [1.29, 1.82) is 0 Å². The predicted molar refractivity (Wildman–Crippen MR) is 94.8 cm³/mol. The number of nitrogens with one attached hydrogen (secondary N) is 2. The smallest absolute Gasteiger partial charge is 0.274 e. The third kappa shape index (κ3) is 5.55. The average molecular weight is 329 g/mol. The van der Waals surface area contributed by atoms with Crippen LogP contribution in [0.2, 0.25) is 0 Å². The number of nitrogens with zero attached hydrogens (tertiary/aromatic N) is 1. The third-order valence-corrected chi connectivity index (χ3v) is 3.11. The predicted octanol–water partition coefficient (Wildman–Crippen LogP) is 3.18. The van der Waals surface area contributed by atoms with Gasteiger partial charge in [-0.15, -0.1) is 0 Å². The monoisotopic (exact) mass is 329 g/mol. The molecule has 1 aromatic heterocycles. The van der Waals surface area contributed by atoms with Gasteiger partial charge in [0.1, 0.15) is 11.4 Å². The molecule has 0 saturated carbocycles. The minimum absolute atomic E-state index is 0.114. The highest BCUT2D eigenvalue weighted by Gasteiger charge is 2.09. The van der Waals surface area contributed by atoms with Gasteiger partial charge in [0.15, 0.2) is 0 Å².